The van der Waals surface area contributed by atoms with Crippen molar-refractivity contribution in [3.63, 3.8) is 0 Å². The molecule has 0 radical (unpaired) electrons. The zero-order valence-electron chi connectivity index (χ0n) is 21.6. The average molecular weight is 650 g/mol. The molecule has 0 unspecified atom stereocenters. The third-order valence-electron chi connectivity index (χ3n) is 5.93. The normalized spacial score (nSPS) is 11.9. The molecule has 0 saturated heterocycles. The topological polar surface area (TPSA) is 96.0 Å². The fourth-order valence-electron chi connectivity index (χ4n) is 3.80. The average Bonchev–Trinajstić information content (AvgIpc) is 2.93. The summed E-state index contributed by atoms with van der Waals surface area (Å²) in [6.45, 7) is 3.68. The molecule has 8 nitrogen and oxygen atoms in total. The number of nitrogens with one attached hydrogen (secondary N) is 1. The number of anilines is 1. The van der Waals surface area contributed by atoms with Crippen molar-refractivity contribution in [2.75, 3.05) is 24.5 Å². The number of amides is 2. The van der Waals surface area contributed by atoms with E-state index in [0.29, 0.717) is 18.0 Å². The number of rotatable bonds is 12. The molecule has 38 heavy (non-hydrogen) atoms. The van der Waals surface area contributed by atoms with E-state index in [0.717, 1.165) is 19.9 Å². The standard InChI is InChI=1S/C28H32IN3O5S/c1-4-17-30-28(34)21(2)31(19-22-9-8-10-25(18-22)37-3)27(33)20-32(24-15-13-23(29)14-16-24)38(35,36)26-11-6-5-7-12-26/h5-16,18,21H,4,17,19-20H2,1-3H3,(H,30,34)/t21-/m0/s1. The van der Waals surface area contributed by atoms with Crippen LogP contribution in [-0.4, -0.2) is 51.4 Å². The maximum absolute atomic E-state index is 13.9. The molecular formula is C28H32IN3O5S. The maximum atomic E-state index is 13.9. The number of halogens is 1. The van der Waals surface area contributed by atoms with Gasteiger partial charge in [0.25, 0.3) is 10.0 Å². The highest BCUT2D eigenvalue weighted by Gasteiger charge is 2.32. The number of methoxy groups -OCH3 is 1. The number of hydrogen-bond donors (Lipinski definition) is 1. The van der Waals surface area contributed by atoms with Crippen molar-refractivity contribution < 1.29 is 22.7 Å². The Morgan fingerprint density at radius 3 is 2.32 bits per heavy atom. The fourth-order valence-corrected chi connectivity index (χ4v) is 5.60. The van der Waals surface area contributed by atoms with Crippen molar-refractivity contribution in [2.45, 2.75) is 37.8 Å². The summed E-state index contributed by atoms with van der Waals surface area (Å²) in [7, 11) is -2.52. The zero-order chi connectivity index (χ0) is 27.7. The van der Waals surface area contributed by atoms with E-state index in [-0.39, 0.29) is 17.3 Å². The number of carbonyl (C=O) groups is 2. The highest BCUT2D eigenvalue weighted by Crippen LogP contribution is 2.25. The molecule has 3 rings (SSSR count). The Labute approximate surface area is 238 Å². The van der Waals surface area contributed by atoms with Crippen LogP contribution in [0.1, 0.15) is 25.8 Å². The van der Waals surface area contributed by atoms with Crippen molar-refractivity contribution in [1.82, 2.24) is 10.2 Å². The summed E-state index contributed by atoms with van der Waals surface area (Å²) in [5.41, 5.74) is 1.10. The minimum Gasteiger partial charge on any atom is -0.497 e. The van der Waals surface area contributed by atoms with Gasteiger partial charge < -0.3 is 15.0 Å². The van der Waals surface area contributed by atoms with Crippen LogP contribution in [-0.2, 0) is 26.2 Å². The number of ether oxygens (including phenoxy) is 1. The summed E-state index contributed by atoms with van der Waals surface area (Å²) < 4.78 is 34.8. The Morgan fingerprint density at radius 1 is 1.00 bits per heavy atom. The second-order valence-electron chi connectivity index (χ2n) is 8.64. The molecule has 10 heteroatoms. The van der Waals surface area contributed by atoms with E-state index in [2.05, 4.69) is 27.9 Å². The molecule has 2 amide bonds. The van der Waals surface area contributed by atoms with Gasteiger partial charge in [0.05, 0.1) is 17.7 Å². The Balaban J connectivity index is 2.00. The number of carbonyl (C=O) groups excluding carboxylic acids is 2. The minimum atomic E-state index is -4.08. The van der Waals surface area contributed by atoms with Crippen LogP contribution in [0.2, 0.25) is 0 Å². The first-order valence-electron chi connectivity index (χ1n) is 12.2. The van der Waals surface area contributed by atoms with E-state index in [1.54, 1.807) is 74.7 Å². The summed E-state index contributed by atoms with van der Waals surface area (Å²) in [6.07, 6.45) is 0.748. The SMILES string of the molecule is CCCNC(=O)[C@H](C)N(Cc1cccc(OC)c1)C(=O)CN(c1ccc(I)cc1)S(=O)(=O)c1ccccc1. The number of nitrogens with zero attached hydrogens (tertiary/aromatic N) is 2. The van der Waals surface area contributed by atoms with Crippen LogP contribution >= 0.6 is 22.6 Å². The molecule has 0 bridgehead atoms. The van der Waals surface area contributed by atoms with Gasteiger partial charge in [-0.05, 0) is 90.0 Å². The van der Waals surface area contributed by atoms with Crippen molar-refractivity contribution in [2.24, 2.45) is 0 Å². The molecule has 202 valence electrons. The van der Waals surface area contributed by atoms with Gasteiger partial charge in [0.2, 0.25) is 11.8 Å². The molecule has 0 spiro atoms. The molecule has 0 fully saturated rings. The highest BCUT2D eigenvalue weighted by molar-refractivity contribution is 14.1. The van der Waals surface area contributed by atoms with E-state index in [9.17, 15) is 18.0 Å². The molecule has 0 aliphatic heterocycles. The summed E-state index contributed by atoms with van der Waals surface area (Å²) in [5.74, 6) is -0.204. The Bertz CT molecular complexity index is 1330. The monoisotopic (exact) mass is 649 g/mol. The lowest BCUT2D eigenvalue weighted by atomic mass is 10.1. The highest BCUT2D eigenvalue weighted by atomic mass is 127. The molecule has 0 aromatic heterocycles. The van der Waals surface area contributed by atoms with Gasteiger partial charge in [0, 0.05) is 16.7 Å². The third kappa shape index (κ3) is 7.47. The van der Waals surface area contributed by atoms with Crippen LogP contribution in [0.5, 0.6) is 5.75 Å². The molecule has 0 heterocycles. The Hall–Kier alpha value is -3.12. The first kappa shape index (κ1) is 29.4. The van der Waals surface area contributed by atoms with Crippen molar-refractivity contribution >= 4 is 50.1 Å². The van der Waals surface area contributed by atoms with Gasteiger partial charge in [0.15, 0.2) is 0 Å². The second kappa shape index (κ2) is 13.6. The number of benzene rings is 3. The molecule has 3 aromatic carbocycles. The lowest BCUT2D eigenvalue weighted by Crippen LogP contribution is -2.51. The quantitative estimate of drug-likeness (QED) is 0.293. The summed E-state index contributed by atoms with van der Waals surface area (Å²) in [6, 6.07) is 21.3. The first-order valence-corrected chi connectivity index (χ1v) is 14.7. The Morgan fingerprint density at radius 2 is 1.68 bits per heavy atom. The lowest BCUT2D eigenvalue weighted by Gasteiger charge is -2.32. The minimum absolute atomic E-state index is 0.0689. The lowest BCUT2D eigenvalue weighted by molar-refractivity contribution is -0.139. The van der Waals surface area contributed by atoms with Gasteiger partial charge in [-0.15, -0.1) is 0 Å². The van der Waals surface area contributed by atoms with Gasteiger partial charge in [-0.1, -0.05) is 37.3 Å². The Kier molecular flexibility index (Phi) is 10.5. The van der Waals surface area contributed by atoms with Gasteiger partial charge in [0.1, 0.15) is 18.3 Å². The van der Waals surface area contributed by atoms with E-state index < -0.39 is 28.5 Å². The third-order valence-corrected chi connectivity index (χ3v) is 8.44. The summed E-state index contributed by atoms with van der Waals surface area (Å²) in [5, 5.41) is 2.83. The van der Waals surface area contributed by atoms with E-state index >= 15 is 0 Å². The van der Waals surface area contributed by atoms with E-state index in [1.165, 1.54) is 17.0 Å². The molecule has 0 saturated carbocycles. The first-order chi connectivity index (χ1) is 18.2. The molecule has 0 aliphatic carbocycles. The molecule has 1 atom stereocenters. The van der Waals surface area contributed by atoms with Crippen LogP contribution in [0.15, 0.2) is 83.8 Å². The smallest absolute Gasteiger partial charge is 0.264 e. The molecule has 0 aliphatic rings. The maximum Gasteiger partial charge on any atom is 0.264 e. The van der Waals surface area contributed by atoms with Crippen LogP contribution in [0, 0.1) is 3.57 Å². The second-order valence-corrected chi connectivity index (χ2v) is 11.7. The predicted molar refractivity (Wildman–Crippen MR) is 156 cm³/mol. The van der Waals surface area contributed by atoms with Gasteiger partial charge in [-0.2, -0.15) is 0 Å². The van der Waals surface area contributed by atoms with Crippen LogP contribution < -0.4 is 14.4 Å². The van der Waals surface area contributed by atoms with Crippen molar-refractivity contribution in [1.29, 1.82) is 0 Å². The van der Waals surface area contributed by atoms with E-state index in [1.807, 2.05) is 13.0 Å². The van der Waals surface area contributed by atoms with Crippen LogP contribution in [0.3, 0.4) is 0 Å². The van der Waals surface area contributed by atoms with Gasteiger partial charge in [-0.25, -0.2) is 8.42 Å². The van der Waals surface area contributed by atoms with Crippen molar-refractivity contribution in [3.8, 4) is 5.75 Å². The van der Waals surface area contributed by atoms with Crippen molar-refractivity contribution in [3.05, 3.63) is 88.0 Å². The predicted octanol–water partition coefficient (Wildman–Crippen LogP) is 4.44. The summed E-state index contributed by atoms with van der Waals surface area (Å²) >= 11 is 2.14. The molecular weight excluding hydrogens is 617 g/mol. The van der Waals surface area contributed by atoms with Crippen LogP contribution in [0.25, 0.3) is 0 Å². The van der Waals surface area contributed by atoms with E-state index in [4.69, 9.17) is 4.74 Å². The van der Waals surface area contributed by atoms with Gasteiger partial charge >= 0.3 is 0 Å². The number of sulfonamides is 1. The molecule has 1 N–H and O–H groups in total. The zero-order valence-corrected chi connectivity index (χ0v) is 24.6. The van der Waals surface area contributed by atoms with Crippen LogP contribution in [0.4, 0.5) is 5.69 Å². The van der Waals surface area contributed by atoms with Gasteiger partial charge in [-0.3, -0.25) is 13.9 Å². The fraction of sp³-hybridized carbons (Fsp3) is 0.286. The number of hydrogen-bond acceptors (Lipinski definition) is 5. The molecule has 3 aromatic rings. The summed E-state index contributed by atoms with van der Waals surface area (Å²) in [4.78, 5) is 28.2. The largest absolute Gasteiger partial charge is 0.497 e.